The van der Waals surface area contributed by atoms with Crippen molar-refractivity contribution < 1.29 is 108 Å². The van der Waals surface area contributed by atoms with Crippen LogP contribution in [0.3, 0.4) is 0 Å². The van der Waals surface area contributed by atoms with Crippen molar-refractivity contribution in [2.75, 3.05) is 34.5 Å². The van der Waals surface area contributed by atoms with Crippen LogP contribution in [0, 0.1) is 0 Å². The second kappa shape index (κ2) is 12.6. The molecular formula is C19H20F18O7S4. The van der Waals surface area contributed by atoms with Crippen LogP contribution in [-0.4, -0.2) is 104 Å². The molecule has 2 fully saturated rings. The maximum atomic E-state index is 14.3. The van der Waals surface area contributed by atoms with Gasteiger partial charge in [0.1, 0.15) is 0 Å². The Bertz CT molecular complexity index is 1320. The van der Waals surface area contributed by atoms with Crippen LogP contribution in [0.25, 0.3) is 0 Å². The van der Waals surface area contributed by atoms with Gasteiger partial charge in [-0.2, -0.15) is 95.9 Å². The van der Waals surface area contributed by atoms with E-state index in [0.717, 1.165) is 0 Å². The summed E-state index contributed by atoms with van der Waals surface area (Å²) < 4.78 is 296. The van der Waals surface area contributed by atoms with Gasteiger partial charge in [0.15, 0.2) is 5.78 Å². The summed E-state index contributed by atoms with van der Waals surface area (Å²) in [5, 5.41) is -14.7. The summed E-state index contributed by atoms with van der Waals surface area (Å²) in [6.45, 7) is 0. The molecule has 2 aliphatic rings. The van der Waals surface area contributed by atoms with Crippen LogP contribution in [0.15, 0.2) is 0 Å². The zero-order valence-electron chi connectivity index (χ0n) is 22.9. The van der Waals surface area contributed by atoms with E-state index in [1.165, 1.54) is 0 Å². The maximum Gasteiger partial charge on any atom is 0.460 e. The minimum atomic E-state index is -7.73. The van der Waals surface area contributed by atoms with E-state index in [-0.39, 0.29) is 25.7 Å². The lowest BCUT2D eigenvalue weighted by Gasteiger charge is -2.40. The molecular weight excluding hydrogens is 810 g/mol. The van der Waals surface area contributed by atoms with Crippen LogP contribution >= 0.6 is 20.6 Å². The Hall–Kier alpha value is -1.07. The lowest BCUT2D eigenvalue weighted by molar-refractivity contribution is -0.382. The van der Waals surface area contributed by atoms with E-state index < -0.39 is 128 Å². The number of Topliss-reactive ketones (excluding diaryl/α,β-unsaturated/α-hetero) is 1. The third-order valence-electron chi connectivity index (χ3n) is 6.74. The Labute approximate surface area is 261 Å². The number of rotatable bonds is 14. The summed E-state index contributed by atoms with van der Waals surface area (Å²) in [6, 6.07) is 0. The van der Waals surface area contributed by atoms with E-state index in [4.69, 9.17) is 0 Å². The number of hydrogen-bond acceptors (Lipinski definition) is 7. The van der Waals surface area contributed by atoms with Crippen molar-refractivity contribution in [3.63, 3.8) is 0 Å². The van der Waals surface area contributed by atoms with Crippen LogP contribution in [0.2, 0.25) is 0 Å². The number of alkyl halides is 18. The van der Waals surface area contributed by atoms with Crippen LogP contribution in [0.4, 0.5) is 79.0 Å². The summed E-state index contributed by atoms with van der Waals surface area (Å²) in [5.41, 5.74) is 0. The molecule has 7 nitrogen and oxygen atoms in total. The number of carbonyl (C=O) groups is 1. The minimum Gasteiger partial charge on any atom is -0.298 e. The van der Waals surface area contributed by atoms with E-state index >= 15 is 0 Å². The molecule has 0 radical (unpaired) electrons. The third kappa shape index (κ3) is 7.05. The predicted molar refractivity (Wildman–Crippen MR) is 130 cm³/mol. The van der Waals surface area contributed by atoms with Crippen molar-refractivity contribution in [3.05, 3.63) is 0 Å². The Morgan fingerprint density at radius 1 is 0.458 bits per heavy atom. The minimum absolute atomic E-state index is 0.295. The highest BCUT2D eigenvalue weighted by Gasteiger charge is 2.87. The summed E-state index contributed by atoms with van der Waals surface area (Å²) in [6.07, 6.45) is -16.1. The molecule has 0 aromatic heterocycles. The number of carbonyl (C=O) groups excluding carboxylic acids is 1. The first-order chi connectivity index (χ1) is 20.9. The normalized spacial score (nSPS) is 22.0. The van der Waals surface area contributed by atoms with E-state index in [0.29, 0.717) is 0 Å². The lowest BCUT2D eigenvalue weighted by atomic mass is 10.1. The molecule has 0 aliphatic carbocycles. The molecule has 288 valence electrons. The molecule has 0 saturated carbocycles. The van der Waals surface area contributed by atoms with Crippen LogP contribution in [0.1, 0.15) is 25.7 Å². The zero-order valence-corrected chi connectivity index (χ0v) is 26.1. The molecule has 29 heteroatoms. The SMILES string of the molecule is O=C(CS1(OS(=O)(=O)C(F)(F)C(F)(F)C(F)(F)C(F)(F)F)CCCC1)CS1(OS(=O)(=O)C(F)(F)C(F)(F)C(F)(F)C(F)(F)F)CCCC1. The largest absolute Gasteiger partial charge is 0.460 e. The molecule has 0 bridgehead atoms. The number of hydrogen-bond donors (Lipinski definition) is 0. The topological polar surface area (TPSA) is 104 Å². The second-order valence-electron chi connectivity index (χ2n) is 10.4. The van der Waals surface area contributed by atoms with Crippen LogP contribution < -0.4 is 0 Å². The molecule has 0 unspecified atom stereocenters. The molecule has 2 saturated heterocycles. The highest BCUT2D eigenvalue weighted by molar-refractivity contribution is 8.35. The number of ketones is 1. The summed E-state index contributed by atoms with van der Waals surface area (Å²) >= 11 is 0. The van der Waals surface area contributed by atoms with Crippen LogP contribution in [0.5, 0.6) is 0 Å². The molecule has 0 aromatic rings. The van der Waals surface area contributed by atoms with E-state index in [9.17, 15) is 101 Å². The fourth-order valence-electron chi connectivity index (χ4n) is 4.27. The van der Waals surface area contributed by atoms with Gasteiger partial charge in [0.05, 0.1) is 11.5 Å². The monoisotopic (exact) mass is 830 g/mol. The fourth-order valence-corrected chi connectivity index (χ4v) is 15.8. The smallest absolute Gasteiger partial charge is 0.298 e. The quantitative estimate of drug-likeness (QED) is 0.172. The average molecular weight is 831 g/mol. The Kier molecular flexibility index (Phi) is 11.3. The Balaban J connectivity index is 2.43. The van der Waals surface area contributed by atoms with E-state index in [1.54, 1.807) is 0 Å². The average Bonchev–Trinajstić information content (AvgIpc) is 3.50. The molecule has 48 heavy (non-hydrogen) atoms. The Morgan fingerprint density at radius 2 is 0.688 bits per heavy atom. The maximum absolute atomic E-state index is 14.3. The van der Waals surface area contributed by atoms with E-state index in [2.05, 4.69) is 7.26 Å². The van der Waals surface area contributed by atoms with Crippen molar-refractivity contribution in [2.24, 2.45) is 0 Å². The summed E-state index contributed by atoms with van der Waals surface area (Å²) in [5.74, 6) is -39.0. The molecule has 0 spiro atoms. The van der Waals surface area contributed by atoms with Crippen molar-refractivity contribution in [1.29, 1.82) is 0 Å². The predicted octanol–water partition coefficient (Wildman–Crippen LogP) is 7.13. The van der Waals surface area contributed by atoms with Crippen LogP contribution in [-0.2, 0) is 32.3 Å². The molecule has 0 aromatic carbocycles. The second-order valence-corrected chi connectivity index (χ2v) is 20.4. The first kappa shape index (κ1) is 43.1. The first-order valence-electron chi connectivity index (χ1n) is 12.3. The first-order valence-corrected chi connectivity index (χ1v) is 19.2. The van der Waals surface area contributed by atoms with Gasteiger partial charge >= 0.3 is 66.8 Å². The van der Waals surface area contributed by atoms with Gasteiger partial charge in [-0.3, -0.25) is 4.79 Å². The van der Waals surface area contributed by atoms with Gasteiger partial charge in [-0.25, -0.2) is 7.26 Å². The molecule has 0 atom stereocenters. The summed E-state index contributed by atoms with van der Waals surface area (Å²) in [7, 11) is -23.3. The van der Waals surface area contributed by atoms with Gasteiger partial charge in [-0.1, -0.05) is 0 Å². The van der Waals surface area contributed by atoms with Crippen molar-refractivity contribution in [2.45, 2.75) is 72.2 Å². The summed E-state index contributed by atoms with van der Waals surface area (Å²) in [4.78, 5) is 12.9. The van der Waals surface area contributed by atoms with Gasteiger partial charge in [-0.05, 0) is 25.7 Å². The molecule has 2 heterocycles. The van der Waals surface area contributed by atoms with Crippen molar-refractivity contribution in [1.82, 2.24) is 0 Å². The standard InChI is InChI=1S/C19H20F18O7S4/c20-12(21,16(28,29)30)14(24,25)18(34,35)47(39,40)43-45(5-1-2-6-45)9-11(38)10-46(7-3-4-8-46)44-48(41,42)19(36,37)15(26,27)13(22,23)17(31,32)33/h1-10H2. The van der Waals surface area contributed by atoms with Crippen molar-refractivity contribution in [3.8, 4) is 0 Å². The van der Waals surface area contributed by atoms with Gasteiger partial charge in [0, 0.05) is 23.0 Å². The third-order valence-corrected chi connectivity index (χ3v) is 18.1. The highest BCUT2D eigenvalue weighted by Crippen LogP contribution is 2.64. The highest BCUT2D eigenvalue weighted by atomic mass is 32.3. The molecule has 2 aliphatic heterocycles. The molecule has 0 N–H and O–H groups in total. The van der Waals surface area contributed by atoms with Gasteiger partial charge in [0.2, 0.25) is 0 Å². The van der Waals surface area contributed by atoms with Gasteiger partial charge in [-0.15, -0.1) is 20.6 Å². The zero-order chi connectivity index (χ0) is 38.1. The Morgan fingerprint density at radius 3 is 0.896 bits per heavy atom. The van der Waals surface area contributed by atoms with Gasteiger partial charge < -0.3 is 0 Å². The molecule has 0 amide bonds. The molecule has 2 rings (SSSR count). The van der Waals surface area contributed by atoms with E-state index in [1.807, 2.05) is 0 Å². The van der Waals surface area contributed by atoms with Gasteiger partial charge in [0.25, 0.3) is 0 Å². The van der Waals surface area contributed by atoms with Crippen molar-refractivity contribution >= 4 is 46.6 Å². The number of halogens is 18. The fraction of sp³-hybridized carbons (Fsp3) is 0.947. The lowest BCUT2D eigenvalue weighted by Crippen LogP contribution is -2.63.